The second-order valence-electron chi connectivity index (χ2n) is 7.93. The average molecular weight is 399 g/mol. The Morgan fingerprint density at radius 2 is 1.55 bits per heavy atom. The minimum atomic E-state index is 0.977. The minimum Gasteiger partial charge on any atom is -0.454 e. The van der Waals surface area contributed by atoms with Crippen molar-refractivity contribution in [3.63, 3.8) is 0 Å². The van der Waals surface area contributed by atoms with Gasteiger partial charge in [-0.3, -0.25) is 0 Å². The average Bonchev–Trinajstić information content (AvgIpc) is 3.29. The van der Waals surface area contributed by atoms with Crippen LogP contribution in [-0.4, -0.2) is 0 Å². The Labute approximate surface area is 176 Å². The molecule has 0 fully saturated rings. The van der Waals surface area contributed by atoms with E-state index in [-0.39, 0.29) is 0 Å². The quantitative estimate of drug-likeness (QED) is 0.249. The van der Waals surface area contributed by atoms with Crippen LogP contribution in [0, 0.1) is 0 Å². The van der Waals surface area contributed by atoms with Gasteiger partial charge in [0.25, 0.3) is 0 Å². The Morgan fingerprint density at radius 1 is 0.759 bits per heavy atom. The second kappa shape index (κ2) is 8.04. The third kappa shape index (κ3) is 3.58. The van der Waals surface area contributed by atoms with E-state index < -0.39 is 0 Å². The predicted octanol–water partition coefficient (Wildman–Crippen LogP) is 8.98. The van der Waals surface area contributed by atoms with Crippen molar-refractivity contribution in [2.75, 3.05) is 0 Å². The molecule has 2 heterocycles. The number of unbranched alkanes of at least 4 members (excludes halogenated alkanes) is 4. The molecular weight excluding hydrogens is 372 g/mol. The van der Waals surface area contributed by atoms with Crippen LogP contribution in [0.25, 0.3) is 42.5 Å². The topological polar surface area (TPSA) is 13.1 Å². The van der Waals surface area contributed by atoms with Gasteiger partial charge < -0.3 is 4.42 Å². The van der Waals surface area contributed by atoms with Gasteiger partial charge >= 0.3 is 0 Å². The fourth-order valence-electron chi connectivity index (χ4n) is 4.18. The highest BCUT2D eigenvalue weighted by Gasteiger charge is 2.14. The summed E-state index contributed by atoms with van der Waals surface area (Å²) in [4.78, 5) is 0. The maximum Gasteiger partial charge on any atom is 0.154 e. The van der Waals surface area contributed by atoms with Crippen molar-refractivity contribution < 1.29 is 4.42 Å². The van der Waals surface area contributed by atoms with Crippen molar-refractivity contribution in [3.05, 3.63) is 72.3 Å². The van der Waals surface area contributed by atoms with Crippen LogP contribution in [0.4, 0.5) is 0 Å². The lowest BCUT2D eigenvalue weighted by Crippen LogP contribution is -1.86. The van der Waals surface area contributed by atoms with Crippen molar-refractivity contribution in [1.82, 2.24) is 0 Å². The molecule has 0 atom stereocenters. The van der Waals surface area contributed by atoms with Gasteiger partial charge in [-0.15, -0.1) is 11.3 Å². The molecule has 0 saturated carbocycles. The van der Waals surface area contributed by atoms with E-state index in [4.69, 9.17) is 4.42 Å². The Hall–Kier alpha value is -2.58. The molecule has 2 heteroatoms. The molecule has 5 aromatic rings. The fourth-order valence-corrected chi connectivity index (χ4v) is 5.38. The zero-order valence-electron chi connectivity index (χ0n) is 16.9. The molecule has 0 bridgehead atoms. The maximum absolute atomic E-state index is 6.14. The molecule has 5 rings (SSSR count). The van der Waals surface area contributed by atoms with Crippen LogP contribution in [0.3, 0.4) is 0 Å². The number of benzene rings is 3. The smallest absolute Gasteiger partial charge is 0.154 e. The van der Waals surface area contributed by atoms with E-state index in [0.717, 1.165) is 11.2 Å². The molecule has 2 aromatic heterocycles. The van der Waals surface area contributed by atoms with Crippen LogP contribution in [-0.2, 0) is 6.42 Å². The molecule has 3 aromatic carbocycles. The second-order valence-corrected chi connectivity index (χ2v) is 8.98. The van der Waals surface area contributed by atoms with Gasteiger partial charge in [-0.2, -0.15) is 0 Å². The first-order valence-electron chi connectivity index (χ1n) is 10.8. The van der Waals surface area contributed by atoms with E-state index in [1.165, 1.54) is 75.4 Å². The Balaban J connectivity index is 1.39. The zero-order chi connectivity index (χ0) is 19.6. The summed E-state index contributed by atoms with van der Waals surface area (Å²) in [6.45, 7) is 2.27. The van der Waals surface area contributed by atoms with E-state index in [0.29, 0.717) is 0 Å². The number of aryl methyl sites for hydroxylation is 1. The summed E-state index contributed by atoms with van der Waals surface area (Å²) < 4.78 is 8.69. The van der Waals surface area contributed by atoms with Gasteiger partial charge in [0.2, 0.25) is 0 Å². The van der Waals surface area contributed by atoms with Crippen LogP contribution in [0.5, 0.6) is 0 Å². The highest BCUT2D eigenvalue weighted by atomic mass is 32.1. The number of furan rings is 1. The molecule has 29 heavy (non-hydrogen) atoms. The lowest BCUT2D eigenvalue weighted by atomic mass is 10.0. The monoisotopic (exact) mass is 398 g/mol. The molecule has 1 nitrogen and oxygen atoms in total. The van der Waals surface area contributed by atoms with Crippen molar-refractivity contribution >= 4 is 42.7 Å². The van der Waals surface area contributed by atoms with Gasteiger partial charge in [-0.25, -0.2) is 0 Å². The maximum atomic E-state index is 6.14. The SMILES string of the molecule is CCCCCCCc1ccc(-c2ccc3c(c2)sc2c4ccccc4oc32)cc1. The number of fused-ring (bicyclic) bond motifs is 5. The summed E-state index contributed by atoms with van der Waals surface area (Å²) in [7, 11) is 0. The Morgan fingerprint density at radius 3 is 2.41 bits per heavy atom. The number of hydrogen-bond acceptors (Lipinski definition) is 2. The first-order chi connectivity index (χ1) is 14.3. The molecular formula is C27H26OS. The highest BCUT2D eigenvalue weighted by molar-refractivity contribution is 7.26. The molecule has 0 N–H and O–H groups in total. The third-order valence-corrected chi connectivity index (χ3v) is 7.01. The van der Waals surface area contributed by atoms with Gasteiger partial charge in [0.1, 0.15) is 5.58 Å². The van der Waals surface area contributed by atoms with Crippen molar-refractivity contribution in [2.24, 2.45) is 0 Å². The molecule has 0 amide bonds. The summed E-state index contributed by atoms with van der Waals surface area (Å²) in [5.74, 6) is 0. The lowest BCUT2D eigenvalue weighted by Gasteiger charge is -2.05. The molecule has 0 saturated heterocycles. The normalized spacial score (nSPS) is 11.8. The third-order valence-electron chi connectivity index (χ3n) is 5.84. The Kier molecular flexibility index (Phi) is 5.12. The minimum absolute atomic E-state index is 0.977. The van der Waals surface area contributed by atoms with E-state index in [1.807, 2.05) is 23.5 Å². The summed E-state index contributed by atoms with van der Waals surface area (Å²) in [6, 6.07) is 24.2. The Bertz CT molecular complexity index is 1260. The van der Waals surface area contributed by atoms with Gasteiger partial charge in [-0.05, 0) is 53.8 Å². The number of para-hydroxylation sites is 1. The number of thiophene rings is 1. The molecule has 0 aliphatic carbocycles. The summed E-state index contributed by atoms with van der Waals surface area (Å²) in [5, 5.41) is 2.43. The van der Waals surface area contributed by atoms with Crippen LogP contribution < -0.4 is 0 Å². The van der Waals surface area contributed by atoms with Crippen molar-refractivity contribution in [3.8, 4) is 11.1 Å². The largest absolute Gasteiger partial charge is 0.454 e. The summed E-state index contributed by atoms with van der Waals surface area (Å²) >= 11 is 1.83. The van der Waals surface area contributed by atoms with E-state index in [9.17, 15) is 0 Å². The van der Waals surface area contributed by atoms with Crippen LogP contribution in [0.15, 0.2) is 71.1 Å². The van der Waals surface area contributed by atoms with Gasteiger partial charge in [0.05, 0.1) is 4.70 Å². The predicted molar refractivity (Wildman–Crippen MR) is 127 cm³/mol. The van der Waals surface area contributed by atoms with Crippen molar-refractivity contribution in [2.45, 2.75) is 45.4 Å². The van der Waals surface area contributed by atoms with Crippen molar-refractivity contribution in [1.29, 1.82) is 0 Å². The first-order valence-corrected chi connectivity index (χ1v) is 11.6. The molecule has 0 spiro atoms. The highest BCUT2D eigenvalue weighted by Crippen LogP contribution is 2.41. The van der Waals surface area contributed by atoms with E-state index >= 15 is 0 Å². The molecule has 0 unspecified atom stereocenters. The van der Waals surface area contributed by atoms with Crippen LogP contribution in [0.2, 0.25) is 0 Å². The van der Waals surface area contributed by atoms with Crippen LogP contribution >= 0.6 is 11.3 Å². The molecule has 0 aliphatic rings. The summed E-state index contributed by atoms with van der Waals surface area (Å²) in [5.41, 5.74) is 6.02. The zero-order valence-corrected chi connectivity index (χ0v) is 17.7. The van der Waals surface area contributed by atoms with Crippen LogP contribution in [0.1, 0.15) is 44.6 Å². The van der Waals surface area contributed by atoms with Gasteiger partial charge in [0, 0.05) is 15.5 Å². The molecule has 0 aliphatic heterocycles. The molecule has 146 valence electrons. The van der Waals surface area contributed by atoms with Gasteiger partial charge in [-0.1, -0.05) is 75.1 Å². The standard InChI is InChI=1S/C27H26OS/c1-2-3-4-5-6-9-19-12-14-20(15-13-19)21-16-17-23-25(18-21)29-27-22-10-7-8-11-24(22)28-26(23)27/h7-8,10-18H,2-6,9H2,1H3. The summed E-state index contributed by atoms with van der Waals surface area (Å²) in [6.07, 6.45) is 7.88. The number of hydrogen-bond donors (Lipinski definition) is 0. The van der Waals surface area contributed by atoms with Gasteiger partial charge in [0.15, 0.2) is 5.58 Å². The molecule has 0 radical (unpaired) electrons. The lowest BCUT2D eigenvalue weighted by molar-refractivity contribution is 0.632. The first kappa shape index (κ1) is 18.4. The van der Waals surface area contributed by atoms with E-state index in [2.05, 4.69) is 61.5 Å². The van der Waals surface area contributed by atoms with E-state index in [1.54, 1.807) is 0 Å². The fraction of sp³-hybridized carbons (Fsp3) is 0.259. The number of rotatable bonds is 7.